The van der Waals surface area contributed by atoms with Gasteiger partial charge in [0.2, 0.25) is 0 Å². The molecule has 0 aromatic rings. The van der Waals surface area contributed by atoms with Gasteiger partial charge in [-0.2, -0.15) is 0 Å². The van der Waals surface area contributed by atoms with E-state index in [1.807, 2.05) is 0 Å². The Bertz CT molecular complexity index is 118. The maximum atomic E-state index is 3.65. The molecule has 1 aliphatic heterocycles. The monoisotopic (exact) mass is 169 g/mol. The second-order valence-corrected chi connectivity index (χ2v) is 4.27. The van der Waals surface area contributed by atoms with Crippen LogP contribution in [0.2, 0.25) is 0 Å². The highest BCUT2D eigenvalue weighted by molar-refractivity contribution is 4.81. The van der Waals surface area contributed by atoms with E-state index in [0.717, 1.165) is 17.9 Å². The highest BCUT2D eigenvalue weighted by Crippen LogP contribution is 2.24. The summed E-state index contributed by atoms with van der Waals surface area (Å²) >= 11 is 0. The highest BCUT2D eigenvalue weighted by atomic mass is 14.9. The number of hydrogen-bond donors (Lipinski definition) is 1. The fourth-order valence-electron chi connectivity index (χ4n) is 2.37. The number of hydrogen-bond acceptors (Lipinski definition) is 1. The molecule has 72 valence electrons. The molecule has 0 amide bonds. The fraction of sp³-hybridized carbons (Fsp3) is 1.00. The minimum absolute atomic E-state index is 0.809. The largest absolute Gasteiger partial charge is 0.314 e. The van der Waals surface area contributed by atoms with Crippen molar-refractivity contribution in [2.24, 2.45) is 11.8 Å². The zero-order chi connectivity index (χ0) is 8.97. The van der Waals surface area contributed by atoms with Crippen molar-refractivity contribution in [3.63, 3.8) is 0 Å². The normalized spacial score (nSPS) is 31.0. The molecule has 0 bridgehead atoms. The van der Waals surface area contributed by atoms with Crippen molar-refractivity contribution >= 4 is 0 Å². The molecule has 2 unspecified atom stereocenters. The Balaban J connectivity index is 2.38. The molecule has 1 saturated heterocycles. The summed E-state index contributed by atoms with van der Waals surface area (Å²) in [7, 11) is 0. The van der Waals surface area contributed by atoms with Gasteiger partial charge in [0.15, 0.2) is 0 Å². The lowest BCUT2D eigenvalue weighted by Gasteiger charge is -2.33. The van der Waals surface area contributed by atoms with Crippen molar-refractivity contribution in [3.05, 3.63) is 0 Å². The molecule has 0 spiro atoms. The zero-order valence-corrected chi connectivity index (χ0v) is 8.77. The summed E-state index contributed by atoms with van der Waals surface area (Å²) in [5.74, 6) is 1.85. The van der Waals surface area contributed by atoms with Crippen LogP contribution in [0, 0.1) is 11.8 Å². The van der Waals surface area contributed by atoms with Gasteiger partial charge in [0.05, 0.1) is 0 Å². The summed E-state index contributed by atoms with van der Waals surface area (Å²) in [4.78, 5) is 0. The van der Waals surface area contributed by atoms with Crippen LogP contribution in [0.1, 0.15) is 46.5 Å². The maximum Gasteiger partial charge on any atom is 0.00976 e. The molecule has 1 N–H and O–H groups in total. The lowest BCUT2D eigenvalue weighted by molar-refractivity contribution is 0.237. The van der Waals surface area contributed by atoms with Gasteiger partial charge >= 0.3 is 0 Å². The van der Waals surface area contributed by atoms with Crippen LogP contribution in [0.25, 0.3) is 0 Å². The van der Waals surface area contributed by atoms with E-state index in [9.17, 15) is 0 Å². The molecule has 0 aliphatic carbocycles. The Labute approximate surface area is 76.9 Å². The second kappa shape index (κ2) is 4.86. The molecule has 1 aliphatic rings. The molecule has 0 aromatic carbocycles. The van der Waals surface area contributed by atoms with Crippen molar-refractivity contribution in [1.82, 2.24) is 5.32 Å². The lowest BCUT2D eigenvalue weighted by Crippen LogP contribution is -2.42. The van der Waals surface area contributed by atoms with Gasteiger partial charge in [0.25, 0.3) is 0 Å². The van der Waals surface area contributed by atoms with Crippen LogP contribution in [-0.2, 0) is 0 Å². The van der Waals surface area contributed by atoms with E-state index in [4.69, 9.17) is 0 Å². The molecule has 1 rings (SSSR count). The number of nitrogens with one attached hydrogen (secondary N) is 1. The molecular formula is C11H23N. The van der Waals surface area contributed by atoms with Crippen LogP contribution >= 0.6 is 0 Å². The van der Waals surface area contributed by atoms with E-state index in [0.29, 0.717) is 0 Å². The van der Waals surface area contributed by atoms with E-state index >= 15 is 0 Å². The van der Waals surface area contributed by atoms with Crippen LogP contribution in [0.15, 0.2) is 0 Å². The molecule has 1 fully saturated rings. The molecule has 1 heterocycles. The predicted molar refractivity (Wildman–Crippen MR) is 54.3 cm³/mol. The molecule has 0 radical (unpaired) electrons. The maximum absolute atomic E-state index is 3.65. The number of piperidine rings is 1. The summed E-state index contributed by atoms with van der Waals surface area (Å²) in [6.45, 7) is 8.25. The molecular weight excluding hydrogens is 146 g/mol. The van der Waals surface area contributed by atoms with E-state index in [-0.39, 0.29) is 0 Å². The van der Waals surface area contributed by atoms with E-state index in [2.05, 4.69) is 26.1 Å². The van der Waals surface area contributed by atoms with Gasteiger partial charge in [-0.3, -0.25) is 0 Å². The molecule has 1 nitrogen and oxygen atoms in total. The minimum Gasteiger partial charge on any atom is -0.314 e. The van der Waals surface area contributed by atoms with E-state index in [1.54, 1.807) is 0 Å². The van der Waals surface area contributed by atoms with Gasteiger partial charge in [-0.15, -0.1) is 0 Å². The van der Waals surface area contributed by atoms with Gasteiger partial charge in [0.1, 0.15) is 0 Å². The molecule has 0 saturated carbocycles. The average molecular weight is 169 g/mol. The Morgan fingerprint density at radius 1 is 1.33 bits per heavy atom. The minimum atomic E-state index is 0.809. The first-order valence-electron chi connectivity index (χ1n) is 5.51. The summed E-state index contributed by atoms with van der Waals surface area (Å²) in [6, 6.07) is 0.809. The van der Waals surface area contributed by atoms with Crippen molar-refractivity contribution in [2.45, 2.75) is 52.5 Å². The predicted octanol–water partition coefficient (Wildman–Crippen LogP) is 2.81. The smallest absolute Gasteiger partial charge is 0.00976 e. The van der Waals surface area contributed by atoms with E-state index < -0.39 is 0 Å². The SMILES string of the molecule is CCC(CC)C1CC(C)CCN1. The summed E-state index contributed by atoms with van der Waals surface area (Å²) in [5.41, 5.74) is 0. The molecule has 2 atom stereocenters. The zero-order valence-electron chi connectivity index (χ0n) is 8.77. The van der Waals surface area contributed by atoms with Gasteiger partial charge in [-0.1, -0.05) is 33.6 Å². The lowest BCUT2D eigenvalue weighted by atomic mass is 9.84. The first-order chi connectivity index (χ1) is 5.77. The Hall–Kier alpha value is -0.0400. The second-order valence-electron chi connectivity index (χ2n) is 4.27. The van der Waals surface area contributed by atoms with Crippen LogP contribution in [0.5, 0.6) is 0 Å². The van der Waals surface area contributed by atoms with Gasteiger partial charge in [-0.25, -0.2) is 0 Å². The quantitative estimate of drug-likeness (QED) is 0.685. The van der Waals surface area contributed by atoms with E-state index in [1.165, 1.54) is 32.2 Å². The van der Waals surface area contributed by atoms with Crippen molar-refractivity contribution in [2.75, 3.05) is 6.54 Å². The van der Waals surface area contributed by atoms with Crippen molar-refractivity contribution in [3.8, 4) is 0 Å². The van der Waals surface area contributed by atoms with Crippen LogP contribution in [0.4, 0.5) is 0 Å². The van der Waals surface area contributed by atoms with Crippen LogP contribution < -0.4 is 5.32 Å². The summed E-state index contributed by atoms with van der Waals surface area (Å²) in [5, 5.41) is 3.65. The topological polar surface area (TPSA) is 12.0 Å². The fourth-order valence-corrected chi connectivity index (χ4v) is 2.37. The summed E-state index contributed by atoms with van der Waals surface area (Å²) < 4.78 is 0. The van der Waals surface area contributed by atoms with Gasteiger partial charge in [0, 0.05) is 6.04 Å². The summed E-state index contributed by atoms with van der Waals surface area (Å²) in [6.07, 6.45) is 5.44. The Morgan fingerprint density at radius 3 is 2.50 bits per heavy atom. The first kappa shape index (κ1) is 10.0. The Morgan fingerprint density at radius 2 is 2.00 bits per heavy atom. The van der Waals surface area contributed by atoms with Crippen LogP contribution in [-0.4, -0.2) is 12.6 Å². The third-order valence-corrected chi connectivity index (χ3v) is 3.32. The first-order valence-corrected chi connectivity index (χ1v) is 5.51. The average Bonchev–Trinajstić information content (AvgIpc) is 2.07. The van der Waals surface area contributed by atoms with Crippen molar-refractivity contribution in [1.29, 1.82) is 0 Å². The van der Waals surface area contributed by atoms with Crippen LogP contribution in [0.3, 0.4) is 0 Å². The van der Waals surface area contributed by atoms with Gasteiger partial charge < -0.3 is 5.32 Å². The van der Waals surface area contributed by atoms with Gasteiger partial charge in [-0.05, 0) is 31.2 Å². The Kier molecular flexibility index (Phi) is 4.07. The third-order valence-electron chi connectivity index (χ3n) is 3.32. The molecule has 1 heteroatoms. The molecule has 0 aromatic heterocycles. The third kappa shape index (κ3) is 2.48. The highest BCUT2D eigenvalue weighted by Gasteiger charge is 2.23. The molecule has 12 heavy (non-hydrogen) atoms. The number of rotatable bonds is 3. The standard InChI is InChI=1S/C11H23N/c1-4-10(5-2)11-8-9(3)6-7-12-11/h9-12H,4-8H2,1-3H3. The van der Waals surface area contributed by atoms with Crippen molar-refractivity contribution < 1.29 is 0 Å².